The minimum Gasteiger partial charge on any atom is -0.493 e. The summed E-state index contributed by atoms with van der Waals surface area (Å²) in [6, 6.07) is 20.6. The third kappa shape index (κ3) is 4.26. The molecule has 0 bridgehead atoms. The molecule has 1 fully saturated rings. The van der Waals surface area contributed by atoms with Crippen LogP contribution in [-0.4, -0.2) is 27.3 Å². The second-order valence-corrected chi connectivity index (χ2v) is 8.84. The molecule has 4 aromatic rings. The van der Waals surface area contributed by atoms with E-state index in [0.717, 1.165) is 57.6 Å². The number of hydrogen-bond donors (Lipinski definition) is 0. The van der Waals surface area contributed by atoms with E-state index in [1.54, 1.807) is 14.2 Å². The van der Waals surface area contributed by atoms with E-state index in [2.05, 4.69) is 55.1 Å². The largest absolute Gasteiger partial charge is 0.493 e. The van der Waals surface area contributed by atoms with Gasteiger partial charge < -0.3 is 18.8 Å². The van der Waals surface area contributed by atoms with Crippen LogP contribution in [0.1, 0.15) is 24.0 Å². The molecule has 0 spiro atoms. The van der Waals surface area contributed by atoms with E-state index in [1.807, 2.05) is 24.3 Å². The Kier molecular flexibility index (Phi) is 6.01. The Morgan fingerprint density at radius 1 is 0.824 bits per heavy atom. The lowest BCUT2D eigenvalue weighted by Gasteiger charge is -2.17. The summed E-state index contributed by atoms with van der Waals surface area (Å²) in [6.07, 6.45) is 2.53. The Bertz CT molecular complexity index is 1400. The summed E-state index contributed by atoms with van der Waals surface area (Å²) in [6.45, 7) is 6.46. The standard InChI is InChI=1S/C29H30N2O3/c1-19-15-20(2)29-24(30-22-8-10-23(11-9-22)31-13-5-6-14-31)18-26(34-28(29)16-19)21-7-12-25(32-3)27(17-21)33-4/h7-12,15-18H,5-6,13-14H2,1-4H3. The fourth-order valence-corrected chi connectivity index (χ4v) is 4.75. The maximum Gasteiger partial charge on any atom is 0.161 e. The Labute approximate surface area is 200 Å². The normalized spacial score (nSPS) is 14.1. The molecular formula is C29H30N2O3. The van der Waals surface area contributed by atoms with Crippen LogP contribution in [-0.2, 0) is 0 Å². The predicted octanol–water partition coefficient (Wildman–Crippen LogP) is 6.57. The summed E-state index contributed by atoms with van der Waals surface area (Å²) in [7, 11) is 3.27. The van der Waals surface area contributed by atoms with Crippen molar-refractivity contribution in [1.82, 2.24) is 0 Å². The van der Waals surface area contributed by atoms with Gasteiger partial charge in [-0.05, 0) is 86.3 Å². The molecule has 34 heavy (non-hydrogen) atoms. The lowest BCUT2D eigenvalue weighted by Crippen LogP contribution is -2.17. The molecule has 0 unspecified atom stereocenters. The predicted molar refractivity (Wildman–Crippen MR) is 137 cm³/mol. The van der Waals surface area contributed by atoms with Crippen LogP contribution in [0.5, 0.6) is 11.5 Å². The molecule has 1 aliphatic rings. The van der Waals surface area contributed by atoms with Crippen molar-refractivity contribution in [2.24, 2.45) is 4.99 Å². The van der Waals surface area contributed by atoms with Gasteiger partial charge in [0, 0.05) is 35.8 Å². The molecule has 0 saturated carbocycles. The van der Waals surface area contributed by atoms with Crippen molar-refractivity contribution in [3.63, 3.8) is 0 Å². The maximum absolute atomic E-state index is 6.38. The van der Waals surface area contributed by atoms with E-state index in [0.29, 0.717) is 11.5 Å². The van der Waals surface area contributed by atoms with Gasteiger partial charge in [0.15, 0.2) is 11.5 Å². The highest BCUT2D eigenvalue weighted by Crippen LogP contribution is 2.33. The first-order valence-corrected chi connectivity index (χ1v) is 11.7. The van der Waals surface area contributed by atoms with Gasteiger partial charge in [-0.15, -0.1) is 0 Å². The van der Waals surface area contributed by atoms with E-state index >= 15 is 0 Å². The first-order valence-electron chi connectivity index (χ1n) is 11.7. The van der Waals surface area contributed by atoms with Crippen molar-refractivity contribution >= 4 is 22.3 Å². The number of aryl methyl sites for hydroxylation is 2. The molecule has 174 valence electrons. The van der Waals surface area contributed by atoms with Crippen LogP contribution < -0.4 is 19.7 Å². The SMILES string of the molecule is COc1ccc(-c2cc(=Nc3ccc(N4CCCC4)cc3)c3c(C)cc(C)cc3o2)cc1OC. The zero-order chi connectivity index (χ0) is 23.7. The second-order valence-electron chi connectivity index (χ2n) is 8.84. The number of hydrogen-bond acceptors (Lipinski definition) is 5. The number of anilines is 1. The van der Waals surface area contributed by atoms with Gasteiger partial charge in [0.25, 0.3) is 0 Å². The van der Waals surface area contributed by atoms with E-state index in [-0.39, 0.29) is 0 Å². The Morgan fingerprint density at radius 3 is 2.26 bits per heavy atom. The molecule has 1 aromatic heterocycles. The zero-order valence-electron chi connectivity index (χ0n) is 20.2. The van der Waals surface area contributed by atoms with Crippen LogP contribution in [0.25, 0.3) is 22.3 Å². The fourth-order valence-electron chi connectivity index (χ4n) is 4.75. The molecule has 0 aliphatic carbocycles. The van der Waals surface area contributed by atoms with Gasteiger partial charge in [0.2, 0.25) is 0 Å². The van der Waals surface area contributed by atoms with Gasteiger partial charge in [-0.1, -0.05) is 6.07 Å². The summed E-state index contributed by atoms with van der Waals surface area (Å²) in [4.78, 5) is 7.49. The van der Waals surface area contributed by atoms with E-state index in [4.69, 9.17) is 18.9 Å². The molecule has 3 aromatic carbocycles. The maximum atomic E-state index is 6.38. The van der Waals surface area contributed by atoms with Crippen LogP contribution in [0.15, 0.2) is 70.1 Å². The quantitative estimate of drug-likeness (QED) is 0.342. The first kappa shape index (κ1) is 22.1. The highest BCUT2D eigenvalue weighted by molar-refractivity contribution is 5.83. The monoisotopic (exact) mass is 454 g/mol. The van der Waals surface area contributed by atoms with E-state index in [9.17, 15) is 0 Å². The number of nitrogens with zero attached hydrogens (tertiary/aromatic N) is 2. The number of ether oxygens (including phenoxy) is 2. The highest BCUT2D eigenvalue weighted by Gasteiger charge is 2.13. The molecule has 5 heteroatoms. The Morgan fingerprint density at radius 2 is 1.56 bits per heavy atom. The summed E-state index contributed by atoms with van der Waals surface area (Å²) >= 11 is 0. The van der Waals surface area contributed by atoms with Gasteiger partial charge in [-0.3, -0.25) is 0 Å². The zero-order valence-corrected chi connectivity index (χ0v) is 20.2. The molecule has 5 rings (SSSR count). The van der Waals surface area contributed by atoms with E-state index in [1.165, 1.54) is 18.5 Å². The number of benzene rings is 3. The van der Waals surface area contributed by atoms with Gasteiger partial charge in [0.1, 0.15) is 11.3 Å². The van der Waals surface area contributed by atoms with Crippen molar-refractivity contribution in [2.75, 3.05) is 32.2 Å². The Balaban J connectivity index is 1.66. The van der Waals surface area contributed by atoms with Crippen LogP contribution in [0.3, 0.4) is 0 Å². The third-order valence-electron chi connectivity index (χ3n) is 6.43. The van der Waals surface area contributed by atoms with Crippen LogP contribution in [0, 0.1) is 13.8 Å². The molecular weight excluding hydrogens is 424 g/mol. The first-order chi connectivity index (χ1) is 16.6. The summed E-state index contributed by atoms with van der Waals surface area (Å²) in [5.41, 5.74) is 6.21. The van der Waals surface area contributed by atoms with Gasteiger partial charge in [-0.2, -0.15) is 0 Å². The van der Waals surface area contributed by atoms with Crippen LogP contribution in [0.4, 0.5) is 11.4 Å². The average molecular weight is 455 g/mol. The molecule has 0 atom stereocenters. The molecule has 1 aliphatic heterocycles. The number of fused-ring (bicyclic) bond motifs is 1. The minimum atomic E-state index is 0.659. The van der Waals surface area contributed by atoms with Crippen LogP contribution in [0.2, 0.25) is 0 Å². The molecule has 1 saturated heterocycles. The van der Waals surface area contributed by atoms with Crippen LogP contribution >= 0.6 is 0 Å². The molecule has 5 nitrogen and oxygen atoms in total. The van der Waals surface area contributed by atoms with Gasteiger partial charge in [-0.25, -0.2) is 4.99 Å². The smallest absolute Gasteiger partial charge is 0.161 e. The molecule has 0 amide bonds. The summed E-state index contributed by atoms with van der Waals surface area (Å²) in [5.74, 6) is 2.07. The van der Waals surface area contributed by atoms with E-state index < -0.39 is 0 Å². The molecule has 0 N–H and O–H groups in total. The minimum absolute atomic E-state index is 0.659. The number of rotatable bonds is 5. The van der Waals surface area contributed by atoms with Crippen molar-refractivity contribution in [3.8, 4) is 22.8 Å². The highest BCUT2D eigenvalue weighted by atomic mass is 16.5. The van der Waals surface area contributed by atoms with Crippen molar-refractivity contribution in [3.05, 3.63) is 77.1 Å². The summed E-state index contributed by atoms with van der Waals surface area (Å²) in [5, 5.41) is 1.91. The van der Waals surface area contributed by atoms with Gasteiger partial charge >= 0.3 is 0 Å². The van der Waals surface area contributed by atoms with Crippen molar-refractivity contribution in [1.29, 1.82) is 0 Å². The molecule has 0 radical (unpaired) electrons. The lowest BCUT2D eigenvalue weighted by molar-refractivity contribution is 0.355. The average Bonchev–Trinajstić information content (AvgIpc) is 3.38. The lowest BCUT2D eigenvalue weighted by atomic mass is 10.0. The second kappa shape index (κ2) is 9.26. The molecule has 2 heterocycles. The Hall–Kier alpha value is -3.73. The fraction of sp³-hybridized carbons (Fsp3) is 0.276. The van der Waals surface area contributed by atoms with Crippen molar-refractivity contribution in [2.45, 2.75) is 26.7 Å². The van der Waals surface area contributed by atoms with Crippen molar-refractivity contribution < 1.29 is 13.9 Å². The third-order valence-corrected chi connectivity index (χ3v) is 6.43. The van der Waals surface area contributed by atoms with Gasteiger partial charge in [0.05, 0.1) is 25.3 Å². The topological polar surface area (TPSA) is 47.2 Å². The summed E-state index contributed by atoms with van der Waals surface area (Å²) < 4.78 is 17.3. The number of methoxy groups -OCH3 is 2.